The van der Waals surface area contributed by atoms with Crippen molar-refractivity contribution >= 4 is 17.3 Å². The van der Waals surface area contributed by atoms with Crippen molar-refractivity contribution < 1.29 is 9.53 Å². The average molecular weight is 195 g/mol. The number of carbonyl (C=O) groups is 1. The van der Waals surface area contributed by atoms with Crippen molar-refractivity contribution in [2.45, 2.75) is 0 Å². The molecule has 1 amide bonds. The topological polar surface area (TPSA) is 90.4 Å². The normalized spacial score (nSPS) is 9.50. The minimum atomic E-state index is -0.417. The number of nitrogen functional groups attached to an aromatic ring is 1. The van der Waals surface area contributed by atoms with Crippen LogP contribution < -0.4 is 21.5 Å². The molecule has 5 N–H and O–H groups in total. The van der Waals surface area contributed by atoms with Crippen LogP contribution in [0.2, 0.25) is 0 Å². The fourth-order valence-corrected chi connectivity index (χ4v) is 1.03. The fraction of sp³-hybridized carbons (Fsp3) is 0.222. The van der Waals surface area contributed by atoms with Crippen molar-refractivity contribution in [2.24, 2.45) is 5.73 Å². The van der Waals surface area contributed by atoms with Crippen molar-refractivity contribution in [1.29, 1.82) is 0 Å². The zero-order valence-corrected chi connectivity index (χ0v) is 7.91. The second kappa shape index (κ2) is 4.36. The number of ether oxygens (including phenoxy) is 1. The Kier molecular flexibility index (Phi) is 3.17. The molecule has 0 radical (unpaired) electrons. The summed E-state index contributed by atoms with van der Waals surface area (Å²) in [4.78, 5) is 10.5. The number of methoxy groups -OCH3 is 1. The van der Waals surface area contributed by atoms with Crippen LogP contribution in [0.25, 0.3) is 0 Å². The SMILES string of the molecule is COc1ccc(NCC(N)=O)cc1N. The van der Waals surface area contributed by atoms with Crippen LogP contribution in [0.4, 0.5) is 11.4 Å². The van der Waals surface area contributed by atoms with Crippen LogP contribution in [0.15, 0.2) is 18.2 Å². The number of carbonyl (C=O) groups excluding carboxylic acids is 1. The molecule has 0 unspecified atom stereocenters. The van der Waals surface area contributed by atoms with Crippen molar-refractivity contribution in [2.75, 3.05) is 24.7 Å². The van der Waals surface area contributed by atoms with Gasteiger partial charge in [-0.05, 0) is 18.2 Å². The molecular formula is C9H13N3O2. The smallest absolute Gasteiger partial charge is 0.236 e. The number of hydrogen-bond donors (Lipinski definition) is 3. The molecule has 0 heterocycles. The minimum Gasteiger partial charge on any atom is -0.495 e. The molecule has 5 heteroatoms. The summed E-state index contributed by atoms with van der Waals surface area (Å²) < 4.78 is 4.98. The fourth-order valence-electron chi connectivity index (χ4n) is 1.03. The van der Waals surface area contributed by atoms with Crippen LogP contribution in [-0.4, -0.2) is 19.6 Å². The lowest BCUT2D eigenvalue weighted by Gasteiger charge is -2.07. The summed E-state index contributed by atoms with van der Waals surface area (Å²) in [6.07, 6.45) is 0. The standard InChI is InChI=1S/C9H13N3O2/c1-14-8-3-2-6(4-7(8)10)12-5-9(11)13/h2-4,12H,5,10H2,1H3,(H2,11,13). The number of hydrogen-bond acceptors (Lipinski definition) is 4. The van der Waals surface area contributed by atoms with Crippen LogP contribution in [0.1, 0.15) is 0 Å². The zero-order chi connectivity index (χ0) is 10.6. The number of nitrogens with two attached hydrogens (primary N) is 2. The lowest BCUT2D eigenvalue weighted by Crippen LogP contribution is -2.21. The van der Waals surface area contributed by atoms with E-state index in [1.54, 1.807) is 25.3 Å². The Bertz CT molecular complexity index is 339. The minimum absolute atomic E-state index is 0.0891. The van der Waals surface area contributed by atoms with E-state index in [0.29, 0.717) is 11.4 Å². The van der Waals surface area contributed by atoms with Gasteiger partial charge in [0.15, 0.2) is 0 Å². The Hall–Kier alpha value is -1.91. The third kappa shape index (κ3) is 2.55. The van der Waals surface area contributed by atoms with Gasteiger partial charge in [-0.1, -0.05) is 0 Å². The average Bonchev–Trinajstić information content (AvgIpc) is 2.15. The number of primary amides is 1. The summed E-state index contributed by atoms with van der Waals surface area (Å²) in [7, 11) is 1.54. The Morgan fingerprint density at radius 2 is 2.29 bits per heavy atom. The Balaban J connectivity index is 2.71. The van der Waals surface area contributed by atoms with Crippen LogP contribution in [0, 0.1) is 0 Å². The van der Waals surface area contributed by atoms with E-state index in [4.69, 9.17) is 16.2 Å². The first-order chi connectivity index (χ1) is 6.63. The molecule has 0 aliphatic heterocycles. The third-order valence-electron chi connectivity index (χ3n) is 1.70. The predicted octanol–water partition coefficient (Wildman–Crippen LogP) is 0.175. The van der Waals surface area contributed by atoms with Gasteiger partial charge in [0.1, 0.15) is 5.75 Å². The summed E-state index contributed by atoms with van der Waals surface area (Å²) in [5, 5.41) is 2.83. The van der Waals surface area contributed by atoms with E-state index in [1.165, 1.54) is 0 Å². The third-order valence-corrected chi connectivity index (χ3v) is 1.70. The second-order valence-corrected chi connectivity index (χ2v) is 2.78. The molecule has 76 valence electrons. The van der Waals surface area contributed by atoms with Crippen molar-refractivity contribution in [1.82, 2.24) is 0 Å². The Morgan fingerprint density at radius 1 is 1.57 bits per heavy atom. The lowest BCUT2D eigenvalue weighted by atomic mass is 10.2. The second-order valence-electron chi connectivity index (χ2n) is 2.78. The first kappa shape index (κ1) is 10.2. The van der Waals surface area contributed by atoms with Crippen molar-refractivity contribution in [3.8, 4) is 5.75 Å². The van der Waals surface area contributed by atoms with Gasteiger partial charge >= 0.3 is 0 Å². The van der Waals surface area contributed by atoms with E-state index in [0.717, 1.165) is 5.69 Å². The van der Waals surface area contributed by atoms with E-state index in [9.17, 15) is 4.79 Å². The van der Waals surface area contributed by atoms with Crippen LogP contribution in [0.3, 0.4) is 0 Å². The first-order valence-corrected chi connectivity index (χ1v) is 4.09. The molecule has 0 saturated heterocycles. The van der Waals surface area contributed by atoms with E-state index >= 15 is 0 Å². The molecule has 1 aromatic rings. The predicted molar refractivity (Wildman–Crippen MR) is 55.1 cm³/mol. The van der Waals surface area contributed by atoms with E-state index in [2.05, 4.69) is 5.32 Å². The highest BCUT2D eigenvalue weighted by Gasteiger charge is 2.00. The molecule has 0 atom stereocenters. The van der Waals surface area contributed by atoms with Gasteiger partial charge in [-0.15, -0.1) is 0 Å². The van der Waals surface area contributed by atoms with Gasteiger partial charge < -0.3 is 21.5 Å². The molecule has 0 aliphatic carbocycles. The quantitative estimate of drug-likeness (QED) is 0.597. The number of rotatable bonds is 4. The van der Waals surface area contributed by atoms with Gasteiger partial charge in [-0.3, -0.25) is 4.79 Å². The summed E-state index contributed by atoms with van der Waals surface area (Å²) in [6, 6.07) is 5.17. The van der Waals surface area contributed by atoms with Crippen molar-refractivity contribution in [3.63, 3.8) is 0 Å². The molecule has 0 fully saturated rings. The molecule has 0 spiro atoms. The highest BCUT2D eigenvalue weighted by atomic mass is 16.5. The van der Waals surface area contributed by atoms with Gasteiger partial charge in [-0.2, -0.15) is 0 Å². The maximum atomic E-state index is 10.5. The van der Waals surface area contributed by atoms with Crippen LogP contribution in [-0.2, 0) is 4.79 Å². The maximum absolute atomic E-state index is 10.5. The summed E-state index contributed by atoms with van der Waals surface area (Å²) in [5.41, 5.74) is 11.9. The zero-order valence-electron chi connectivity index (χ0n) is 7.91. The van der Waals surface area contributed by atoms with Gasteiger partial charge in [0.05, 0.1) is 19.3 Å². The van der Waals surface area contributed by atoms with Gasteiger partial charge in [-0.25, -0.2) is 0 Å². The number of nitrogens with one attached hydrogen (secondary N) is 1. The molecule has 0 aromatic heterocycles. The van der Waals surface area contributed by atoms with E-state index < -0.39 is 5.91 Å². The lowest BCUT2D eigenvalue weighted by molar-refractivity contribution is -0.116. The first-order valence-electron chi connectivity index (χ1n) is 4.09. The van der Waals surface area contributed by atoms with E-state index in [-0.39, 0.29) is 6.54 Å². The monoisotopic (exact) mass is 195 g/mol. The Labute approximate surface area is 82.0 Å². The molecule has 1 aromatic carbocycles. The highest BCUT2D eigenvalue weighted by molar-refractivity contribution is 5.79. The summed E-state index contributed by atoms with van der Waals surface area (Å²) >= 11 is 0. The molecular weight excluding hydrogens is 182 g/mol. The molecule has 1 rings (SSSR count). The maximum Gasteiger partial charge on any atom is 0.236 e. The molecule has 14 heavy (non-hydrogen) atoms. The molecule has 5 nitrogen and oxygen atoms in total. The van der Waals surface area contributed by atoms with Gasteiger partial charge in [0.2, 0.25) is 5.91 Å². The van der Waals surface area contributed by atoms with Crippen LogP contribution >= 0.6 is 0 Å². The number of anilines is 2. The number of amides is 1. The molecule has 0 saturated carbocycles. The Morgan fingerprint density at radius 3 is 2.79 bits per heavy atom. The van der Waals surface area contributed by atoms with Gasteiger partial charge in [0, 0.05) is 5.69 Å². The molecule has 0 bridgehead atoms. The van der Waals surface area contributed by atoms with Crippen LogP contribution in [0.5, 0.6) is 5.75 Å². The summed E-state index contributed by atoms with van der Waals surface area (Å²) in [5.74, 6) is 0.189. The van der Waals surface area contributed by atoms with Gasteiger partial charge in [0.25, 0.3) is 0 Å². The van der Waals surface area contributed by atoms with Crippen molar-refractivity contribution in [3.05, 3.63) is 18.2 Å². The highest BCUT2D eigenvalue weighted by Crippen LogP contribution is 2.24. The summed E-state index contributed by atoms with van der Waals surface area (Å²) in [6.45, 7) is 0.0891. The largest absolute Gasteiger partial charge is 0.495 e. The van der Waals surface area contributed by atoms with E-state index in [1.807, 2.05) is 0 Å². The number of benzene rings is 1. The molecule has 0 aliphatic rings.